The minimum atomic E-state index is -0.831. The van der Waals surface area contributed by atoms with Crippen LogP contribution in [0.3, 0.4) is 0 Å². The number of amides is 2. The van der Waals surface area contributed by atoms with Crippen LogP contribution in [0.15, 0.2) is 48.5 Å². The zero-order valence-electron chi connectivity index (χ0n) is 16.1. The highest BCUT2D eigenvalue weighted by Crippen LogP contribution is 2.22. The molecule has 154 valence electrons. The molecule has 9 heteroatoms. The molecule has 0 aliphatic carbocycles. The maximum Gasteiger partial charge on any atom is 0.270 e. The Morgan fingerprint density at radius 2 is 1.86 bits per heavy atom. The predicted octanol–water partition coefficient (Wildman–Crippen LogP) is 2.14. The number of nitro groups is 1. The van der Waals surface area contributed by atoms with Crippen molar-refractivity contribution < 1.29 is 24.4 Å². The fourth-order valence-corrected chi connectivity index (χ4v) is 2.54. The number of benzene rings is 2. The third-order valence-electron chi connectivity index (χ3n) is 4.11. The van der Waals surface area contributed by atoms with Crippen LogP contribution in [0.25, 0.3) is 0 Å². The lowest BCUT2D eigenvalue weighted by Crippen LogP contribution is -2.50. The molecule has 2 amide bonds. The molecule has 0 heterocycles. The number of nitrogens with one attached hydrogen (secondary N) is 2. The van der Waals surface area contributed by atoms with E-state index < -0.39 is 22.8 Å². The van der Waals surface area contributed by atoms with Gasteiger partial charge >= 0.3 is 0 Å². The molecule has 3 N–H and O–H groups in total. The highest BCUT2D eigenvalue weighted by Gasteiger charge is 2.24. The van der Waals surface area contributed by atoms with Gasteiger partial charge in [0.2, 0.25) is 5.91 Å². The molecule has 1 atom stereocenters. The van der Waals surface area contributed by atoms with Crippen molar-refractivity contribution in [3.05, 3.63) is 64.2 Å². The van der Waals surface area contributed by atoms with Crippen molar-refractivity contribution in [1.29, 1.82) is 0 Å². The fourth-order valence-electron chi connectivity index (χ4n) is 2.54. The Bertz CT molecular complexity index is 870. The van der Waals surface area contributed by atoms with Crippen LogP contribution >= 0.6 is 0 Å². The molecule has 0 saturated heterocycles. The van der Waals surface area contributed by atoms with Crippen LogP contribution in [-0.4, -0.2) is 34.5 Å². The van der Waals surface area contributed by atoms with Crippen LogP contribution in [0.1, 0.15) is 19.4 Å². The summed E-state index contributed by atoms with van der Waals surface area (Å²) in [7, 11) is 0. The fraction of sp³-hybridized carbons (Fsp3) is 0.300. The first-order valence-corrected chi connectivity index (χ1v) is 8.99. The Labute approximate surface area is 167 Å². The van der Waals surface area contributed by atoms with Gasteiger partial charge in [-0.1, -0.05) is 32.0 Å². The number of nitrogens with zero attached hydrogens (tertiary/aromatic N) is 1. The molecule has 0 aliphatic heterocycles. The molecule has 2 aromatic rings. The molecular formula is C20H23N3O6. The molecule has 0 spiro atoms. The third-order valence-corrected chi connectivity index (χ3v) is 4.11. The highest BCUT2D eigenvalue weighted by atomic mass is 16.6. The maximum atomic E-state index is 12.5. The van der Waals surface area contributed by atoms with Gasteiger partial charge in [0, 0.05) is 24.2 Å². The third kappa shape index (κ3) is 6.49. The lowest BCUT2D eigenvalue weighted by Gasteiger charge is -2.22. The Balaban J connectivity index is 1.94. The number of rotatable bonds is 9. The van der Waals surface area contributed by atoms with E-state index in [1.807, 2.05) is 6.07 Å². The molecule has 0 saturated carbocycles. The molecule has 0 unspecified atom stereocenters. The number of aromatic hydroxyl groups is 1. The van der Waals surface area contributed by atoms with Gasteiger partial charge in [-0.3, -0.25) is 19.7 Å². The van der Waals surface area contributed by atoms with Gasteiger partial charge in [-0.05, 0) is 24.1 Å². The van der Waals surface area contributed by atoms with E-state index in [-0.39, 0.29) is 36.1 Å². The van der Waals surface area contributed by atoms with Crippen LogP contribution in [0.4, 0.5) is 5.69 Å². The predicted molar refractivity (Wildman–Crippen MR) is 105 cm³/mol. The number of carbonyl (C=O) groups is 2. The van der Waals surface area contributed by atoms with E-state index >= 15 is 0 Å². The average molecular weight is 401 g/mol. The lowest BCUT2D eigenvalue weighted by atomic mass is 10.0. The van der Waals surface area contributed by atoms with Crippen LogP contribution in [0.5, 0.6) is 11.5 Å². The summed E-state index contributed by atoms with van der Waals surface area (Å²) in [5.41, 5.74) is 0.00705. The second kappa shape index (κ2) is 10.1. The van der Waals surface area contributed by atoms with Gasteiger partial charge in [0.25, 0.3) is 11.6 Å². The summed E-state index contributed by atoms with van der Waals surface area (Å²) < 4.78 is 5.37. The normalized spacial score (nSPS) is 11.6. The van der Waals surface area contributed by atoms with Crippen LogP contribution in [0.2, 0.25) is 0 Å². The topological polar surface area (TPSA) is 131 Å². The standard InChI is InChI=1S/C20H23N3O6/c1-13(2)19(22-18(25)12-29-16-6-4-3-5-7-16)20(26)21-11-14-10-15(23(27)28)8-9-17(14)24/h3-10,13,19,24H,11-12H2,1-2H3,(H,21,26)(H,22,25)/t19-/m0/s1. The number of hydrogen-bond acceptors (Lipinski definition) is 6. The van der Waals surface area contributed by atoms with Gasteiger partial charge in [0.15, 0.2) is 6.61 Å². The highest BCUT2D eigenvalue weighted by molar-refractivity contribution is 5.88. The average Bonchev–Trinajstić information content (AvgIpc) is 2.70. The Hall–Kier alpha value is -3.62. The smallest absolute Gasteiger partial charge is 0.270 e. The zero-order valence-corrected chi connectivity index (χ0v) is 16.1. The Kier molecular flexibility index (Phi) is 7.53. The first kappa shape index (κ1) is 21.7. The van der Waals surface area contributed by atoms with E-state index in [2.05, 4.69) is 10.6 Å². The van der Waals surface area contributed by atoms with Gasteiger partial charge in [-0.15, -0.1) is 0 Å². The van der Waals surface area contributed by atoms with E-state index in [0.29, 0.717) is 5.75 Å². The lowest BCUT2D eigenvalue weighted by molar-refractivity contribution is -0.384. The van der Waals surface area contributed by atoms with Crippen molar-refractivity contribution >= 4 is 17.5 Å². The first-order chi connectivity index (χ1) is 13.8. The van der Waals surface area contributed by atoms with Gasteiger partial charge in [0.05, 0.1) is 4.92 Å². The van der Waals surface area contributed by atoms with Gasteiger partial charge < -0.3 is 20.5 Å². The number of nitro benzene ring substituents is 1. The van der Waals surface area contributed by atoms with Crippen LogP contribution in [0, 0.1) is 16.0 Å². The number of phenolic OH excluding ortho intramolecular Hbond substituents is 1. The molecule has 29 heavy (non-hydrogen) atoms. The van der Waals surface area contributed by atoms with E-state index in [1.165, 1.54) is 18.2 Å². The second-order valence-electron chi connectivity index (χ2n) is 6.68. The summed E-state index contributed by atoms with van der Waals surface area (Å²) in [5, 5.41) is 25.9. The minimum absolute atomic E-state index is 0.119. The van der Waals surface area contributed by atoms with E-state index in [0.717, 1.165) is 0 Å². The molecule has 0 bridgehead atoms. The Morgan fingerprint density at radius 3 is 2.48 bits per heavy atom. The van der Waals surface area contributed by atoms with E-state index in [9.17, 15) is 24.8 Å². The number of phenols is 1. The molecule has 0 fully saturated rings. The van der Waals surface area contributed by atoms with E-state index in [1.54, 1.807) is 38.1 Å². The van der Waals surface area contributed by atoms with Crippen LogP contribution < -0.4 is 15.4 Å². The van der Waals surface area contributed by atoms with Crippen molar-refractivity contribution in [2.24, 2.45) is 5.92 Å². The summed E-state index contributed by atoms with van der Waals surface area (Å²) in [6, 6.07) is 11.5. The molecule has 2 aromatic carbocycles. The largest absolute Gasteiger partial charge is 0.508 e. The Morgan fingerprint density at radius 1 is 1.17 bits per heavy atom. The first-order valence-electron chi connectivity index (χ1n) is 8.99. The van der Waals surface area contributed by atoms with Crippen molar-refractivity contribution in [2.45, 2.75) is 26.4 Å². The van der Waals surface area contributed by atoms with Gasteiger partial charge in [0.1, 0.15) is 17.5 Å². The molecule has 0 aromatic heterocycles. The molecular weight excluding hydrogens is 378 g/mol. The number of hydrogen-bond donors (Lipinski definition) is 3. The SMILES string of the molecule is CC(C)[C@H](NC(=O)COc1ccccc1)C(=O)NCc1cc([N+](=O)[O-])ccc1O. The maximum absolute atomic E-state index is 12.5. The van der Waals surface area contributed by atoms with Crippen molar-refractivity contribution in [2.75, 3.05) is 6.61 Å². The monoisotopic (exact) mass is 401 g/mol. The molecule has 2 rings (SSSR count). The molecule has 0 aliphatic rings. The second-order valence-corrected chi connectivity index (χ2v) is 6.68. The summed E-state index contributed by atoms with van der Waals surface area (Å²) in [6.07, 6.45) is 0. The summed E-state index contributed by atoms with van der Waals surface area (Å²) >= 11 is 0. The molecule has 0 radical (unpaired) electrons. The number of carbonyl (C=O) groups excluding carboxylic acids is 2. The van der Waals surface area contributed by atoms with Gasteiger partial charge in [-0.2, -0.15) is 0 Å². The number of non-ortho nitro benzene ring substituents is 1. The van der Waals surface area contributed by atoms with Crippen LogP contribution in [-0.2, 0) is 16.1 Å². The summed E-state index contributed by atoms with van der Waals surface area (Å²) in [6.45, 7) is 3.18. The van der Waals surface area contributed by atoms with E-state index in [4.69, 9.17) is 4.74 Å². The molecule has 9 nitrogen and oxygen atoms in total. The quantitative estimate of drug-likeness (QED) is 0.436. The zero-order chi connectivity index (χ0) is 21.4. The summed E-state index contributed by atoms with van der Waals surface area (Å²) in [5.74, 6) is -0.777. The summed E-state index contributed by atoms with van der Waals surface area (Å²) in [4.78, 5) is 34.9. The van der Waals surface area contributed by atoms with Crippen molar-refractivity contribution in [3.8, 4) is 11.5 Å². The van der Waals surface area contributed by atoms with Crippen molar-refractivity contribution in [1.82, 2.24) is 10.6 Å². The number of ether oxygens (including phenoxy) is 1. The van der Waals surface area contributed by atoms with Gasteiger partial charge in [-0.25, -0.2) is 0 Å². The number of para-hydroxylation sites is 1. The van der Waals surface area contributed by atoms with Crippen molar-refractivity contribution in [3.63, 3.8) is 0 Å². The minimum Gasteiger partial charge on any atom is -0.508 e.